The summed E-state index contributed by atoms with van der Waals surface area (Å²) < 4.78 is 18.8. The highest BCUT2D eigenvalue weighted by molar-refractivity contribution is 6.01. The Kier molecular flexibility index (Phi) is 7.65. The average Bonchev–Trinajstić information content (AvgIpc) is 2.91. The van der Waals surface area contributed by atoms with Gasteiger partial charge in [0.25, 0.3) is 11.8 Å². The Labute approximate surface area is 208 Å². The molecule has 0 aliphatic heterocycles. The van der Waals surface area contributed by atoms with Gasteiger partial charge in [-0.1, -0.05) is 36.4 Å². The summed E-state index contributed by atoms with van der Waals surface area (Å²) in [5.41, 5.74) is 2.76. The van der Waals surface area contributed by atoms with Gasteiger partial charge >= 0.3 is 0 Å². The van der Waals surface area contributed by atoms with Crippen molar-refractivity contribution in [3.8, 4) is 5.75 Å². The number of aromatic nitrogens is 2. The molecule has 1 N–H and O–H groups in total. The Hall–Kier alpha value is -4.59. The van der Waals surface area contributed by atoms with Crippen LogP contribution in [0.25, 0.3) is 0 Å². The molecule has 1 aromatic heterocycles. The van der Waals surface area contributed by atoms with Crippen molar-refractivity contribution in [2.75, 3.05) is 12.4 Å². The number of amides is 2. The monoisotopic (exact) mass is 484 g/mol. The van der Waals surface area contributed by atoms with Crippen LogP contribution >= 0.6 is 0 Å². The lowest BCUT2D eigenvalue weighted by molar-refractivity contribution is -0.121. The van der Waals surface area contributed by atoms with Gasteiger partial charge in [0.2, 0.25) is 0 Å². The Balaban J connectivity index is 1.81. The van der Waals surface area contributed by atoms with Crippen LogP contribution in [0, 0.1) is 12.7 Å². The lowest BCUT2D eigenvalue weighted by Gasteiger charge is -2.32. The minimum absolute atomic E-state index is 0.0996. The number of rotatable bonds is 8. The molecule has 4 aromatic rings. The van der Waals surface area contributed by atoms with E-state index in [4.69, 9.17) is 4.74 Å². The van der Waals surface area contributed by atoms with Crippen LogP contribution in [0.4, 0.5) is 10.1 Å². The third-order valence-corrected chi connectivity index (χ3v) is 5.69. The van der Waals surface area contributed by atoms with E-state index in [9.17, 15) is 14.0 Å². The Morgan fingerprint density at radius 2 is 1.81 bits per heavy atom. The van der Waals surface area contributed by atoms with Crippen LogP contribution in [-0.2, 0) is 11.3 Å². The topological polar surface area (TPSA) is 84.4 Å². The molecule has 0 aliphatic rings. The number of hydrogen-bond donors (Lipinski definition) is 1. The van der Waals surface area contributed by atoms with Crippen molar-refractivity contribution in [1.29, 1.82) is 0 Å². The predicted octanol–water partition coefficient (Wildman–Crippen LogP) is 4.96. The van der Waals surface area contributed by atoms with Gasteiger partial charge in [0.15, 0.2) is 0 Å². The normalized spacial score (nSPS) is 11.4. The molecule has 1 heterocycles. The van der Waals surface area contributed by atoms with E-state index in [0.29, 0.717) is 17.0 Å². The number of methoxy groups -OCH3 is 1. The molecule has 8 heteroatoms. The molecule has 7 nitrogen and oxygen atoms in total. The lowest BCUT2D eigenvalue weighted by atomic mass is 9.97. The molecule has 36 heavy (non-hydrogen) atoms. The summed E-state index contributed by atoms with van der Waals surface area (Å²) in [5, 5.41) is 2.83. The maximum absolute atomic E-state index is 13.8. The van der Waals surface area contributed by atoms with E-state index in [1.54, 1.807) is 13.2 Å². The van der Waals surface area contributed by atoms with Gasteiger partial charge in [0.05, 0.1) is 13.3 Å². The third-order valence-electron chi connectivity index (χ3n) is 5.69. The number of anilines is 1. The first-order chi connectivity index (χ1) is 17.5. The third kappa shape index (κ3) is 5.72. The maximum atomic E-state index is 13.8. The van der Waals surface area contributed by atoms with Crippen LogP contribution < -0.4 is 10.1 Å². The summed E-state index contributed by atoms with van der Waals surface area (Å²) in [7, 11) is 1.56. The van der Waals surface area contributed by atoms with Crippen molar-refractivity contribution in [3.63, 3.8) is 0 Å². The first-order valence-corrected chi connectivity index (χ1v) is 11.3. The van der Waals surface area contributed by atoms with Crippen molar-refractivity contribution in [3.05, 3.63) is 120 Å². The standard InChI is InChI=1S/C28H25FN4O3/c1-19-6-3-4-9-24(19)26(27(34)32-22-12-10-21(29)11-13-22)33(28(35)25-17-30-14-15-31-25)18-20-7-5-8-23(16-20)36-2/h3-17,26H,18H2,1-2H3,(H,32,34)/t26-/m1/s1. The molecule has 0 spiro atoms. The van der Waals surface area contributed by atoms with Crippen LogP contribution in [0.1, 0.15) is 33.2 Å². The molecule has 0 unspecified atom stereocenters. The second-order valence-electron chi connectivity index (χ2n) is 8.13. The van der Waals surface area contributed by atoms with Crippen LogP contribution in [0.15, 0.2) is 91.4 Å². The highest BCUT2D eigenvalue weighted by Crippen LogP contribution is 2.29. The summed E-state index contributed by atoms with van der Waals surface area (Å²) in [5.74, 6) is -0.701. The molecule has 0 saturated carbocycles. The Morgan fingerprint density at radius 1 is 1.03 bits per heavy atom. The molecule has 2 amide bonds. The minimum Gasteiger partial charge on any atom is -0.497 e. The number of aryl methyl sites for hydroxylation is 1. The maximum Gasteiger partial charge on any atom is 0.275 e. The zero-order valence-corrected chi connectivity index (χ0v) is 19.9. The Bertz CT molecular complexity index is 1350. The van der Waals surface area contributed by atoms with Crippen molar-refractivity contribution >= 4 is 17.5 Å². The highest BCUT2D eigenvalue weighted by atomic mass is 19.1. The summed E-state index contributed by atoms with van der Waals surface area (Å²) in [6.07, 6.45) is 4.27. The molecule has 0 aliphatic carbocycles. The van der Waals surface area contributed by atoms with E-state index in [-0.39, 0.29) is 12.2 Å². The quantitative estimate of drug-likeness (QED) is 0.382. The predicted molar refractivity (Wildman–Crippen MR) is 134 cm³/mol. The van der Waals surface area contributed by atoms with Gasteiger partial charge in [0, 0.05) is 24.6 Å². The number of ether oxygens (including phenoxy) is 1. The number of benzene rings is 3. The smallest absolute Gasteiger partial charge is 0.275 e. The number of nitrogens with zero attached hydrogens (tertiary/aromatic N) is 3. The number of carbonyl (C=O) groups excluding carboxylic acids is 2. The number of carbonyl (C=O) groups is 2. The fourth-order valence-corrected chi connectivity index (χ4v) is 3.89. The van der Waals surface area contributed by atoms with E-state index >= 15 is 0 Å². The summed E-state index contributed by atoms with van der Waals surface area (Å²) in [4.78, 5) is 37.2. The molecule has 4 rings (SSSR count). The molecule has 0 bridgehead atoms. The van der Waals surface area contributed by atoms with Gasteiger partial charge in [-0.2, -0.15) is 0 Å². The van der Waals surface area contributed by atoms with Crippen molar-refractivity contribution < 1.29 is 18.7 Å². The first-order valence-electron chi connectivity index (χ1n) is 11.3. The van der Waals surface area contributed by atoms with E-state index < -0.39 is 23.7 Å². The number of hydrogen-bond acceptors (Lipinski definition) is 5. The van der Waals surface area contributed by atoms with Gasteiger partial charge in [-0.3, -0.25) is 14.6 Å². The van der Waals surface area contributed by atoms with E-state index in [1.165, 1.54) is 47.8 Å². The van der Waals surface area contributed by atoms with Crippen LogP contribution in [0.2, 0.25) is 0 Å². The van der Waals surface area contributed by atoms with Gasteiger partial charge in [-0.05, 0) is 60.0 Å². The zero-order valence-electron chi connectivity index (χ0n) is 19.9. The van der Waals surface area contributed by atoms with Gasteiger partial charge in [0.1, 0.15) is 23.3 Å². The van der Waals surface area contributed by atoms with E-state index in [2.05, 4.69) is 15.3 Å². The lowest BCUT2D eigenvalue weighted by Crippen LogP contribution is -2.41. The van der Waals surface area contributed by atoms with Gasteiger partial charge in [-0.15, -0.1) is 0 Å². The summed E-state index contributed by atoms with van der Waals surface area (Å²) in [6.45, 7) is 1.98. The fourth-order valence-electron chi connectivity index (χ4n) is 3.89. The highest BCUT2D eigenvalue weighted by Gasteiger charge is 2.34. The Morgan fingerprint density at radius 3 is 2.50 bits per heavy atom. The average molecular weight is 485 g/mol. The van der Waals surface area contributed by atoms with Gasteiger partial charge in [-0.25, -0.2) is 9.37 Å². The second-order valence-corrected chi connectivity index (χ2v) is 8.13. The SMILES string of the molecule is COc1cccc(CN(C(=O)c2cnccn2)[C@@H](C(=O)Nc2ccc(F)cc2)c2ccccc2C)c1. The number of nitrogens with one attached hydrogen (secondary N) is 1. The first kappa shape index (κ1) is 24.5. The molecule has 182 valence electrons. The van der Waals surface area contributed by atoms with Crippen molar-refractivity contribution in [2.24, 2.45) is 0 Å². The molecular formula is C28H25FN4O3. The molecule has 1 atom stereocenters. The summed E-state index contributed by atoms with van der Waals surface area (Å²) >= 11 is 0. The molecular weight excluding hydrogens is 459 g/mol. The van der Waals surface area contributed by atoms with Crippen molar-refractivity contribution in [1.82, 2.24) is 14.9 Å². The van der Waals surface area contributed by atoms with Crippen LogP contribution in [0.3, 0.4) is 0 Å². The van der Waals surface area contributed by atoms with Gasteiger partial charge < -0.3 is 15.0 Å². The molecule has 3 aromatic carbocycles. The van der Waals surface area contributed by atoms with Crippen molar-refractivity contribution in [2.45, 2.75) is 19.5 Å². The zero-order chi connectivity index (χ0) is 25.5. The molecule has 0 saturated heterocycles. The fraction of sp³-hybridized carbons (Fsp3) is 0.143. The molecule has 0 fully saturated rings. The summed E-state index contributed by atoms with van der Waals surface area (Å²) in [6, 6.07) is 19.1. The molecule has 0 radical (unpaired) electrons. The largest absolute Gasteiger partial charge is 0.497 e. The minimum atomic E-state index is -1.02. The van der Waals surface area contributed by atoms with Crippen LogP contribution in [0.5, 0.6) is 5.75 Å². The van der Waals surface area contributed by atoms with Crippen LogP contribution in [-0.4, -0.2) is 33.8 Å². The number of halogens is 1. The van der Waals surface area contributed by atoms with E-state index in [1.807, 2.05) is 49.4 Å². The van der Waals surface area contributed by atoms with E-state index in [0.717, 1.165) is 11.1 Å². The second kappa shape index (κ2) is 11.2.